The molecule has 0 aliphatic rings. The van der Waals surface area contributed by atoms with Crippen LogP contribution in [0.1, 0.15) is 24.0 Å². The highest BCUT2D eigenvalue weighted by Crippen LogP contribution is 2.31. The molecule has 3 heteroatoms. The Bertz CT molecular complexity index is 325. The van der Waals surface area contributed by atoms with Gasteiger partial charge < -0.3 is 10.5 Å². The van der Waals surface area contributed by atoms with E-state index in [-0.39, 0.29) is 0 Å². The van der Waals surface area contributed by atoms with Crippen molar-refractivity contribution in [2.45, 2.75) is 19.8 Å². The molecule has 0 bridgehead atoms. The lowest BCUT2D eigenvalue weighted by Crippen LogP contribution is -2.10. The Morgan fingerprint density at radius 1 is 1.50 bits per heavy atom. The fourth-order valence-corrected chi connectivity index (χ4v) is 1.78. The maximum Gasteiger partial charge on any atom is 0.137 e. The predicted molar refractivity (Wildman–Crippen MR) is 60.2 cm³/mol. The van der Waals surface area contributed by atoms with Gasteiger partial charge in [0.1, 0.15) is 5.75 Å². The molecule has 0 radical (unpaired) electrons. The third-order valence-electron chi connectivity index (χ3n) is 2.42. The molecule has 1 aromatic rings. The van der Waals surface area contributed by atoms with E-state index < -0.39 is 0 Å². The molecular weight excluding hydrogens is 198 g/mol. The summed E-state index contributed by atoms with van der Waals surface area (Å²) in [5, 5.41) is 0.651. The molecule has 0 spiro atoms. The number of benzene rings is 1. The topological polar surface area (TPSA) is 35.2 Å². The summed E-state index contributed by atoms with van der Waals surface area (Å²) in [4.78, 5) is 0. The van der Waals surface area contributed by atoms with Crippen LogP contribution in [0.15, 0.2) is 12.1 Å². The van der Waals surface area contributed by atoms with E-state index in [0.717, 1.165) is 5.56 Å². The van der Waals surface area contributed by atoms with Crippen molar-refractivity contribution in [3.63, 3.8) is 0 Å². The Balaban J connectivity index is 3.17. The molecule has 14 heavy (non-hydrogen) atoms. The molecule has 0 aliphatic heterocycles. The molecule has 0 heterocycles. The Labute approximate surface area is 90.0 Å². The summed E-state index contributed by atoms with van der Waals surface area (Å²) >= 11 is 5.99. The van der Waals surface area contributed by atoms with E-state index in [0.29, 0.717) is 23.2 Å². The fourth-order valence-electron chi connectivity index (χ4n) is 1.48. The number of halogens is 1. The molecule has 2 nitrogen and oxygen atoms in total. The van der Waals surface area contributed by atoms with Crippen molar-refractivity contribution in [2.75, 3.05) is 13.7 Å². The van der Waals surface area contributed by atoms with Crippen LogP contribution in [0.4, 0.5) is 0 Å². The summed E-state index contributed by atoms with van der Waals surface area (Å²) in [6, 6.07) is 3.89. The number of hydrogen-bond donors (Lipinski definition) is 1. The van der Waals surface area contributed by atoms with Crippen molar-refractivity contribution < 1.29 is 4.74 Å². The summed E-state index contributed by atoms with van der Waals surface area (Å²) in [7, 11) is 1.62. The molecule has 0 fully saturated rings. The second-order valence-electron chi connectivity index (χ2n) is 3.48. The van der Waals surface area contributed by atoms with E-state index in [9.17, 15) is 0 Å². The summed E-state index contributed by atoms with van der Waals surface area (Å²) < 4.78 is 5.16. The van der Waals surface area contributed by atoms with Crippen molar-refractivity contribution >= 4 is 11.6 Å². The molecule has 1 atom stereocenters. The van der Waals surface area contributed by atoms with E-state index in [4.69, 9.17) is 22.1 Å². The number of methoxy groups -OCH3 is 1. The van der Waals surface area contributed by atoms with Crippen LogP contribution >= 0.6 is 11.6 Å². The Morgan fingerprint density at radius 3 is 2.64 bits per heavy atom. The minimum atomic E-state index is 0.334. The molecule has 78 valence electrons. The zero-order valence-electron chi connectivity index (χ0n) is 8.80. The van der Waals surface area contributed by atoms with E-state index >= 15 is 0 Å². The van der Waals surface area contributed by atoms with E-state index in [1.165, 1.54) is 5.56 Å². The van der Waals surface area contributed by atoms with Crippen LogP contribution in [0, 0.1) is 6.92 Å². The van der Waals surface area contributed by atoms with Gasteiger partial charge in [0.2, 0.25) is 0 Å². The molecular formula is C11H16ClNO. The highest BCUT2D eigenvalue weighted by atomic mass is 35.5. The molecule has 0 aromatic heterocycles. The first-order valence-electron chi connectivity index (χ1n) is 4.64. The van der Waals surface area contributed by atoms with E-state index in [1.807, 2.05) is 19.1 Å². The highest BCUT2D eigenvalue weighted by Gasteiger charge is 2.10. The van der Waals surface area contributed by atoms with Crippen molar-refractivity contribution in [1.29, 1.82) is 0 Å². The van der Waals surface area contributed by atoms with Crippen LogP contribution in [0.5, 0.6) is 5.75 Å². The summed E-state index contributed by atoms with van der Waals surface area (Å²) in [6.07, 6.45) is 0. The molecule has 1 rings (SSSR count). The van der Waals surface area contributed by atoms with Gasteiger partial charge >= 0.3 is 0 Å². The van der Waals surface area contributed by atoms with Crippen LogP contribution in [0.3, 0.4) is 0 Å². The molecule has 0 aliphatic carbocycles. The SMILES string of the molecule is COc1cc(C(C)CN)c(C)cc1Cl. The monoisotopic (exact) mass is 213 g/mol. The average molecular weight is 214 g/mol. The molecule has 1 unspecified atom stereocenters. The molecule has 2 N–H and O–H groups in total. The Morgan fingerprint density at radius 2 is 2.14 bits per heavy atom. The standard InChI is InChI=1S/C11H16ClNO/c1-7-4-10(12)11(14-3)5-9(7)8(2)6-13/h4-5,8H,6,13H2,1-3H3. The van der Waals surface area contributed by atoms with Gasteiger partial charge in [-0.1, -0.05) is 18.5 Å². The first-order chi connectivity index (χ1) is 6.60. The van der Waals surface area contributed by atoms with Crippen LogP contribution in [0.2, 0.25) is 5.02 Å². The van der Waals surface area contributed by atoms with Crippen molar-refractivity contribution in [3.05, 3.63) is 28.3 Å². The second-order valence-corrected chi connectivity index (χ2v) is 3.89. The Kier molecular flexibility index (Phi) is 3.78. The van der Waals surface area contributed by atoms with Gasteiger partial charge in [-0.25, -0.2) is 0 Å². The minimum absolute atomic E-state index is 0.334. The molecule has 1 aromatic carbocycles. The maximum atomic E-state index is 5.99. The van der Waals surface area contributed by atoms with Gasteiger partial charge in [0.15, 0.2) is 0 Å². The first kappa shape index (κ1) is 11.3. The normalized spacial score (nSPS) is 12.6. The van der Waals surface area contributed by atoms with Crippen molar-refractivity contribution in [2.24, 2.45) is 5.73 Å². The average Bonchev–Trinajstić information content (AvgIpc) is 2.17. The smallest absolute Gasteiger partial charge is 0.137 e. The van der Waals surface area contributed by atoms with Gasteiger partial charge in [0, 0.05) is 0 Å². The van der Waals surface area contributed by atoms with Gasteiger partial charge in [-0.05, 0) is 42.6 Å². The van der Waals surface area contributed by atoms with Crippen LogP contribution in [-0.2, 0) is 0 Å². The lowest BCUT2D eigenvalue weighted by atomic mass is 9.96. The number of ether oxygens (including phenoxy) is 1. The molecule has 0 saturated heterocycles. The summed E-state index contributed by atoms with van der Waals surface area (Å²) in [6.45, 7) is 4.76. The van der Waals surface area contributed by atoms with Gasteiger partial charge in [0.05, 0.1) is 12.1 Å². The number of aryl methyl sites for hydroxylation is 1. The largest absolute Gasteiger partial charge is 0.495 e. The van der Waals surface area contributed by atoms with Crippen LogP contribution in [-0.4, -0.2) is 13.7 Å². The first-order valence-corrected chi connectivity index (χ1v) is 5.02. The fraction of sp³-hybridized carbons (Fsp3) is 0.455. The molecule has 0 saturated carbocycles. The van der Waals surface area contributed by atoms with Crippen LogP contribution < -0.4 is 10.5 Å². The highest BCUT2D eigenvalue weighted by molar-refractivity contribution is 6.32. The quantitative estimate of drug-likeness (QED) is 0.838. The maximum absolute atomic E-state index is 5.99. The predicted octanol–water partition coefficient (Wildman–Crippen LogP) is 2.72. The van der Waals surface area contributed by atoms with Gasteiger partial charge in [-0.15, -0.1) is 0 Å². The number of nitrogens with two attached hydrogens (primary N) is 1. The summed E-state index contributed by atoms with van der Waals surface area (Å²) in [5.41, 5.74) is 7.99. The van der Waals surface area contributed by atoms with Crippen molar-refractivity contribution in [1.82, 2.24) is 0 Å². The zero-order valence-corrected chi connectivity index (χ0v) is 9.56. The lowest BCUT2D eigenvalue weighted by Gasteiger charge is -2.14. The third kappa shape index (κ3) is 2.20. The van der Waals surface area contributed by atoms with E-state index in [2.05, 4.69) is 6.92 Å². The third-order valence-corrected chi connectivity index (χ3v) is 2.72. The van der Waals surface area contributed by atoms with Gasteiger partial charge in [-0.2, -0.15) is 0 Å². The van der Waals surface area contributed by atoms with E-state index in [1.54, 1.807) is 7.11 Å². The number of rotatable bonds is 3. The van der Waals surface area contributed by atoms with Gasteiger partial charge in [-0.3, -0.25) is 0 Å². The zero-order chi connectivity index (χ0) is 10.7. The van der Waals surface area contributed by atoms with Gasteiger partial charge in [0.25, 0.3) is 0 Å². The van der Waals surface area contributed by atoms with Crippen LogP contribution in [0.25, 0.3) is 0 Å². The second kappa shape index (κ2) is 4.67. The molecule has 0 amide bonds. The minimum Gasteiger partial charge on any atom is -0.495 e. The summed E-state index contributed by atoms with van der Waals surface area (Å²) in [5.74, 6) is 1.05. The van der Waals surface area contributed by atoms with Crippen molar-refractivity contribution in [3.8, 4) is 5.75 Å². The lowest BCUT2D eigenvalue weighted by molar-refractivity contribution is 0.414. The number of hydrogen-bond acceptors (Lipinski definition) is 2. The Hall–Kier alpha value is -0.730.